The molecular formula is C8H8Cl3NO2S. The summed E-state index contributed by atoms with van der Waals surface area (Å²) in [6.45, 7) is 1.76. The van der Waals surface area contributed by atoms with Crippen molar-refractivity contribution >= 4 is 44.6 Å². The van der Waals surface area contributed by atoms with E-state index in [0.717, 1.165) is 0 Å². The fourth-order valence-electron chi connectivity index (χ4n) is 1.05. The van der Waals surface area contributed by atoms with Gasteiger partial charge in [-0.15, -0.1) is 0 Å². The van der Waals surface area contributed by atoms with E-state index in [9.17, 15) is 8.42 Å². The molecule has 1 heterocycles. The fraction of sp³-hybridized carbons (Fsp3) is 0.375. The molecule has 0 aliphatic rings. The average molecular weight is 289 g/mol. The predicted molar refractivity (Wildman–Crippen MR) is 61.6 cm³/mol. The van der Waals surface area contributed by atoms with Gasteiger partial charge in [0.05, 0.1) is 15.7 Å². The zero-order valence-electron chi connectivity index (χ0n) is 7.80. The van der Waals surface area contributed by atoms with Crippen LogP contribution in [-0.4, -0.2) is 19.2 Å². The first-order valence-corrected chi connectivity index (χ1v) is 6.91. The lowest BCUT2D eigenvalue weighted by molar-refractivity contribution is 0.594. The Morgan fingerprint density at radius 3 is 2.47 bits per heavy atom. The molecule has 0 N–H and O–H groups in total. The molecule has 3 nitrogen and oxygen atoms in total. The van der Waals surface area contributed by atoms with Crippen molar-refractivity contribution in [2.75, 3.05) is 5.75 Å². The number of rotatable bonds is 3. The quantitative estimate of drug-likeness (QED) is 0.802. The minimum Gasteiger partial charge on any atom is -0.224 e. The van der Waals surface area contributed by atoms with Crippen molar-refractivity contribution in [3.8, 4) is 0 Å². The third-order valence-electron chi connectivity index (χ3n) is 1.66. The Labute approximate surface area is 103 Å². The van der Waals surface area contributed by atoms with Crippen LogP contribution in [-0.2, 0) is 9.84 Å². The van der Waals surface area contributed by atoms with Crippen LogP contribution >= 0.6 is 34.8 Å². The van der Waals surface area contributed by atoms with Crippen LogP contribution in [0.5, 0.6) is 0 Å². The predicted octanol–water partition coefficient (Wildman–Crippen LogP) is 3.23. The van der Waals surface area contributed by atoms with Crippen LogP contribution in [0.3, 0.4) is 0 Å². The van der Waals surface area contributed by atoms with Crippen LogP contribution in [0.2, 0.25) is 15.3 Å². The largest absolute Gasteiger partial charge is 0.224 e. The molecule has 1 aromatic rings. The normalized spacial score (nSPS) is 11.7. The molecular weight excluding hydrogens is 281 g/mol. The lowest BCUT2D eigenvalue weighted by atomic mass is 10.5. The van der Waals surface area contributed by atoms with E-state index in [1.165, 1.54) is 6.07 Å². The topological polar surface area (TPSA) is 47.0 Å². The van der Waals surface area contributed by atoms with Gasteiger partial charge in [0.15, 0.2) is 15.0 Å². The molecule has 0 aliphatic heterocycles. The van der Waals surface area contributed by atoms with E-state index in [4.69, 9.17) is 34.8 Å². The van der Waals surface area contributed by atoms with E-state index < -0.39 is 9.84 Å². The molecule has 0 unspecified atom stereocenters. The van der Waals surface area contributed by atoms with Gasteiger partial charge in [-0.2, -0.15) is 0 Å². The summed E-state index contributed by atoms with van der Waals surface area (Å²) in [4.78, 5) is 3.58. The third-order valence-corrected chi connectivity index (χ3v) is 4.66. The Hall–Kier alpha value is -0.0300. The van der Waals surface area contributed by atoms with Gasteiger partial charge < -0.3 is 0 Å². The Morgan fingerprint density at radius 2 is 1.93 bits per heavy atom. The maximum absolute atomic E-state index is 11.7. The van der Waals surface area contributed by atoms with E-state index in [1.54, 1.807) is 6.92 Å². The number of nitrogens with zero attached hydrogens (tertiary/aromatic N) is 1. The highest BCUT2D eigenvalue weighted by molar-refractivity contribution is 7.91. The molecule has 15 heavy (non-hydrogen) atoms. The molecule has 0 radical (unpaired) electrons. The van der Waals surface area contributed by atoms with Crippen molar-refractivity contribution in [2.24, 2.45) is 0 Å². The molecule has 0 amide bonds. The summed E-state index contributed by atoms with van der Waals surface area (Å²) in [5, 5.41) is -0.160. The summed E-state index contributed by atoms with van der Waals surface area (Å²) >= 11 is 17.0. The first-order valence-electron chi connectivity index (χ1n) is 4.12. The Bertz CT molecular complexity index is 473. The number of hydrogen-bond acceptors (Lipinski definition) is 3. The Balaban J connectivity index is 3.38. The van der Waals surface area contributed by atoms with Crippen molar-refractivity contribution in [1.29, 1.82) is 0 Å². The lowest BCUT2D eigenvalue weighted by Crippen LogP contribution is -2.07. The highest BCUT2D eigenvalue weighted by Crippen LogP contribution is 2.30. The number of aromatic nitrogens is 1. The van der Waals surface area contributed by atoms with Crippen LogP contribution in [0.25, 0.3) is 0 Å². The summed E-state index contributed by atoms with van der Waals surface area (Å²) in [7, 11) is -3.43. The Kier molecular flexibility index (Phi) is 4.23. The van der Waals surface area contributed by atoms with Gasteiger partial charge in [-0.3, -0.25) is 0 Å². The SMILES string of the molecule is CCCS(=O)(=O)c1cc(Cl)nc(Cl)c1Cl. The van der Waals surface area contributed by atoms with Crippen molar-refractivity contribution in [3.05, 3.63) is 21.4 Å². The molecule has 84 valence electrons. The zero-order valence-corrected chi connectivity index (χ0v) is 10.9. The first kappa shape index (κ1) is 13.0. The van der Waals surface area contributed by atoms with Crippen LogP contribution in [0.15, 0.2) is 11.0 Å². The van der Waals surface area contributed by atoms with E-state index >= 15 is 0 Å². The molecule has 0 aromatic carbocycles. The highest BCUT2D eigenvalue weighted by atomic mass is 35.5. The molecule has 1 aromatic heterocycles. The van der Waals surface area contributed by atoms with Gasteiger partial charge in [0, 0.05) is 0 Å². The molecule has 1 rings (SSSR count). The van der Waals surface area contributed by atoms with Gasteiger partial charge in [-0.25, -0.2) is 13.4 Å². The van der Waals surface area contributed by atoms with E-state index in [2.05, 4.69) is 4.98 Å². The molecule has 0 atom stereocenters. The smallest absolute Gasteiger partial charge is 0.180 e. The summed E-state index contributed by atoms with van der Waals surface area (Å²) < 4.78 is 23.5. The second-order valence-corrected chi connectivity index (χ2v) is 6.07. The second-order valence-electron chi connectivity index (χ2n) is 2.87. The number of sulfone groups is 1. The number of halogens is 3. The maximum atomic E-state index is 11.7. The van der Waals surface area contributed by atoms with Gasteiger partial charge in [0.1, 0.15) is 5.15 Å². The van der Waals surface area contributed by atoms with Gasteiger partial charge >= 0.3 is 0 Å². The second kappa shape index (κ2) is 4.87. The van der Waals surface area contributed by atoms with Gasteiger partial charge in [0.25, 0.3) is 0 Å². The van der Waals surface area contributed by atoms with Crippen molar-refractivity contribution in [3.63, 3.8) is 0 Å². The van der Waals surface area contributed by atoms with E-state index in [1.807, 2.05) is 0 Å². The number of pyridine rings is 1. The van der Waals surface area contributed by atoms with Crippen LogP contribution in [0.4, 0.5) is 0 Å². The third kappa shape index (κ3) is 2.97. The fourth-order valence-corrected chi connectivity index (χ4v) is 3.47. The van der Waals surface area contributed by atoms with Crippen LogP contribution in [0, 0.1) is 0 Å². The molecule has 0 fully saturated rings. The summed E-state index contributed by atoms with van der Waals surface area (Å²) in [6, 6.07) is 1.21. The zero-order chi connectivity index (χ0) is 11.6. The summed E-state index contributed by atoms with van der Waals surface area (Å²) in [5.74, 6) is 0.00336. The molecule has 0 saturated heterocycles. The highest BCUT2D eigenvalue weighted by Gasteiger charge is 2.20. The first-order chi connectivity index (χ1) is 6.88. The average Bonchev–Trinajstić information content (AvgIpc) is 2.11. The van der Waals surface area contributed by atoms with Crippen LogP contribution in [0.1, 0.15) is 13.3 Å². The minimum atomic E-state index is -3.43. The number of hydrogen-bond donors (Lipinski definition) is 0. The maximum Gasteiger partial charge on any atom is 0.180 e. The van der Waals surface area contributed by atoms with Crippen molar-refractivity contribution in [2.45, 2.75) is 18.2 Å². The van der Waals surface area contributed by atoms with Gasteiger partial charge in [-0.05, 0) is 12.5 Å². The molecule has 7 heteroatoms. The monoisotopic (exact) mass is 287 g/mol. The minimum absolute atomic E-state index is 0.00336. The molecule has 0 bridgehead atoms. The van der Waals surface area contributed by atoms with Crippen molar-refractivity contribution < 1.29 is 8.42 Å². The molecule has 0 aliphatic carbocycles. The van der Waals surface area contributed by atoms with Gasteiger partial charge in [-0.1, -0.05) is 41.7 Å². The summed E-state index contributed by atoms with van der Waals surface area (Å²) in [5.41, 5.74) is 0. The van der Waals surface area contributed by atoms with Crippen LogP contribution < -0.4 is 0 Å². The molecule has 0 spiro atoms. The summed E-state index contributed by atoms with van der Waals surface area (Å²) in [6.07, 6.45) is 0.496. The lowest BCUT2D eigenvalue weighted by Gasteiger charge is -2.06. The van der Waals surface area contributed by atoms with E-state index in [0.29, 0.717) is 6.42 Å². The van der Waals surface area contributed by atoms with Gasteiger partial charge in [0.2, 0.25) is 0 Å². The standard InChI is InChI=1S/C8H8Cl3NO2S/c1-2-3-15(13,14)5-4-6(9)12-8(11)7(5)10/h4H,2-3H2,1H3. The van der Waals surface area contributed by atoms with Crippen molar-refractivity contribution in [1.82, 2.24) is 4.98 Å². The molecule has 0 saturated carbocycles. The Morgan fingerprint density at radius 1 is 1.33 bits per heavy atom. The van der Waals surface area contributed by atoms with E-state index in [-0.39, 0.29) is 26.0 Å².